The highest BCUT2D eigenvalue weighted by molar-refractivity contribution is 5.26. The molecule has 23 heavy (non-hydrogen) atoms. The van der Waals surface area contributed by atoms with E-state index in [4.69, 9.17) is 14.2 Å². The highest BCUT2D eigenvalue weighted by Crippen LogP contribution is 2.20. The summed E-state index contributed by atoms with van der Waals surface area (Å²) in [4.78, 5) is 0. The monoisotopic (exact) mass is 322 g/mol. The molecule has 0 unspecified atom stereocenters. The van der Waals surface area contributed by atoms with Gasteiger partial charge in [0.05, 0.1) is 13.7 Å². The Balaban J connectivity index is 1.94. The molecule has 0 aliphatic rings. The molecule has 2 aromatic carbocycles. The molecule has 2 atom stereocenters. The topological polar surface area (TPSA) is 27.7 Å². The lowest BCUT2D eigenvalue weighted by molar-refractivity contribution is -0.108. The van der Waals surface area contributed by atoms with Gasteiger partial charge >= 0.3 is 0 Å². The summed E-state index contributed by atoms with van der Waals surface area (Å²) >= 11 is 0. The van der Waals surface area contributed by atoms with Gasteiger partial charge in [-0.2, -0.15) is 0 Å². The Morgan fingerprint density at radius 1 is 0.913 bits per heavy atom. The van der Waals surface area contributed by atoms with E-state index in [1.54, 1.807) is 62.6 Å². The normalized spacial score (nSPS) is 13.6. The fraction of sp³-hybridized carbons (Fsp3) is 0.333. The predicted molar refractivity (Wildman–Crippen MR) is 84.1 cm³/mol. The van der Waals surface area contributed by atoms with Gasteiger partial charge < -0.3 is 14.2 Å². The zero-order chi connectivity index (χ0) is 16.7. The molecule has 0 aromatic heterocycles. The Hall–Kier alpha value is -2.14. The summed E-state index contributed by atoms with van der Waals surface area (Å²) in [5.74, 6) is 1.25. The summed E-state index contributed by atoms with van der Waals surface area (Å²) < 4.78 is 42.5. The van der Waals surface area contributed by atoms with Crippen molar-refractivity contribution in [2.75, 3.05) is 7.11 Å². The van der Waals surface area contributed by atoms with Crippen LogP contribution in [-0.4, -0.2) is 25.7 Å². The number of alkyl halides is 2. The average molecular weight is 322 g/mol. The van der Waals surface area contributed by atoms with Gasteiger partial charge in [-0.15, -0.1) is 0 Å². The molecule has 3 nitrogen and oxygen atoms in total. The first-order chi connectivity index (χ1) is 11.1. The van der Waals surface area contributed by atoms with Gasteiger partial charge in [-0.25, -0.2) is 8.78 Å². The molecule has 0 heterocycles. The number of para-hydroxylation sites is 1. The summed E-state index contributed by atoms with van der Waals surface area (Å²) in [5, 5.41) is 0. The van der Waals surface area contributed by atoms with Crippen molar-refractivity contribution in [2.45, 2.75) is 32.2 Å². The van der Waals surface area contributed by atoms with Crippen molar-refractivity contribution in [3.63, 3.8) is 0 Å². The second kappa shape index (κ2) is 8.48. The van der Waals surface area contributed by atoms with Gasteiger partial charge in [0.15, 0.2) is 6.10 Å². The lowest BCUT2D eigenvalue weighted by Gasteiger charge is -2.24. The maximum absolute atomic E-state index is 13.2. The minimum Gasteiger partial charge on any atom is -0.497 e. The van der Waals surface area contributed by atoms with Crippen LogP contribution in [0, 0.1) is 0 Å². The van der Waals surface area contributed by atoms with E-state index in [9.17, 15) is 8.78 Å². The number of ether oxygens (including phenoxy) is 3. The fourth-order valence-electron chi connectivity index (χ4n) is 2.11. The van der Waals surface area contributed by atoms with Crippen molar-refractivity contribution in [3.8, 4) is 11.5 Å². The third-order valence-electron chi connectivity index (χ3n) is 3.38. The Morgan fingerprint density at radius 3 is 2.13 bits per heavy atom. The molecule has 0 fully saturated rings. The average Bonchev–Trinajstić information content (AvgIpc) is 2.56. The predicted octanol–water partition coefficient (Wildman–Crippen LogP) is 4.31. The number of hydrogen-bond donors (Lipinski definition) is 0. The molecule has 0 saturated carbocycles. The molecule has 0 amide bonds. The van der Waals surface area contributed by atoms with Crippen LogP contribution >= 0.6 is 0 Å². The largest absolute Gasteiger partial charge is 0.497 e. The molecule has 0 aliphatic heterocycles. The molecule has 2 rings (SSSR count). The van der Waals surface area contributed by atoms with Crippen molar-refractivity contribution < 1.29 is 23.0 Å². The van der Waals surface area contributed by atoms with Gasteiger partial charge in [0.1, 0.15) is 17.6 Å². The van der Waals surface area contributed by atoms with Crippen LogP contribution in [0.25, 0.3) is 0 Å². The minimum absolute atomic E-state index is 0.0848. The summed E-state index contributed by atoms with van der Waals surface area (Å²) in [5.41, 5.74) is 0.795. The molecular weight excluding hydrogens is 302 g/mol. The number of rotatable bonds is 8. The van der Waals surface area contributed by atoms with Crippen molar-refractivity contribution in [1.82, 2.24) is 0 Å². The summed E-state index contributed by atoms with van der Waals surface area (Å²) in [6, 6.07) is 16.0. The molecule has 0 saturated heterocycles. The number of halogens is 2. The van der Waals surface area contributed by atoms with Crippen molar-refractivity contribution in [2.24, 2.45) is 0 Å². The van der Waals surface area contributed by atoms with E-state index in [0.29, 0.717) is 11.5 Å². The van der Waals surface area contributed by atoms with Crippen LogP contribution in [0.15, 0.2) is 54.6 Å². The Labute approximate surface area is 134 Å². The van der Waals surface area contributed by atoms with Crippen LogP contribution in [0.2, 0.25) is 0 Å². The number of benzene rings is 2. The number of hydrogen-bond acceptors (Lipinski definition) is 3. The van der Waals surface area contributed by atoms with Gasteiger partial charge in [-0.3, -0.25) is 0 Å². The lowest BCUT2D eigenvalue weighted by Crippen LogP contribution is -2.37. The summed E-state index contributed by atoms with van der Waals surface area (Å²) in [6.45, 7) is 1.67. The number of methoxy groups -OCH3 is 1. The third kappa shape index (κ3) is 5.21. The molecule has 5 heteroatoms. The second-order valence-corrected chi connectivity index (χ2v) is 5.09. The molecule has 0 spiro atoms. The highest BCUT2D eigenvalue weighted by Gasteiger charge is 2.29. The molecule has 124 valence electrons. The van der Waals surface area contributed by atoms with Crippen LogP contribution in [0.1, 0.15) is 12.5 Å². The van der Waals surface area contributed by atoms with E-state index in [-0.39, 0.29) is 6.61 Å². The maximum atomic E-state index is 13.2. The molecule has 2 aromatic rings. The van der Waals surface area contributed by atoms with E-state index in [1.807, 2.05) is 6.07 Å². The Morgan fingerprint density at radius 2 is 1.57 bits per heavy atom. The molecule has 0 aliphatic carbocycles. The minimum atomic E-state index is -2.63. The fourth-order valence-corrected chi connectivity index (χ4v) is 2.11. The summed E-state index contributed by atoms with van der Waals surface area (Å²) in [7, 11) is 1.57. The van der Waals surface area contributed by atoms with E-state index in [1.165, 1.54) is 0 Å². The van der Waals surface area contributed by atoms with Gasteiger partial charge in [0.2, 0.25) is 0 Å². The Bertz CT molecular complexity index is 573. The quantitative estimate of drug-likeness (QED) is 0.725. The molecule has 0 radical (unpaired) electrons. The Kier molecular flexibility index (Phi) is 6.35. The van der Waals surface area contributed by atoms with Crippen molar-refractivity contribution in [1.29, 1.82) is 0 Å². The smallest absolute Gasteiger partial charge is 0.268 e. The molecular formula is C18H20F2O3. The van der Waals surface area contributed by atoms with Crippen LogP contribution in [-0.2, 0) is 11.3 Å². The zero-order valence-corrected chi connectivity index (χ0v) is 13.1. The third-order valence-corrected chi connectivity index (χ3v) is 3.38. The van der Waals surface area contributed by atoms with Gasteiger partial charge in [0.25, 0.3) is 6.43 Å². The standard InChI is InChI=1S/C18H20F2O3/c1-13(23-16-6-4-3-5-7-16)17(18(19)20)22-12-14-8-10-15(21-2)11-9-14/h3-11,13,17-18H,12H2,1-2H3/t13-,17-/m0/s1. The van der Waals surface area contributed by atoms with Crippen molar-refractivity contribution >= 4 is 0 Å². The highest BCUT2D eigenvalue weighted by atomic mass is 19.3. The first-order valence-corrected chi connectivity index (χ1v) is 7.34. The van der Waals surface area contributed by atoms with E-state index in [0.717, 1.165) is 5.56 Å². The SMILES string of the molecule is COc1ccc(CO[C@H](C(F)F)[C@H](C)Oc2ccccc2)cc1. The van der Waals surface area contributed by atoms with Gasteiger partial charge in [-0.1, -0.05) is 30.3 Å². The first-order valence-electron chi connectivity index (χ1n) is 7.34. The summed E-state index contributed by atoms with van der Waals surface area (Å²) in [6.07, 6.45) is -4.71. The van der Waals surface area contributed by atoms with Gasteiger partial charge in [0, 0.05) is 0 Å². The van der Waals surface area contributed by atoms with Crippen LogP contribution < -0.4 is 9.47 Å². The van der Waals surface area contributed by atoms with E-state index < -0.39 is 18.6 Å². The second-order valence-electron chi connectivity index (χ2n) is 5.09. The zero-order valence-electron chi connectivity index (χ0n) is 13.1. The van der Waals surface area contributed by atoms with E-state index >= 15 is 0 Å². The molecule has 0 N–H and O–H groups in total. The van der Waals surface area contributed by atoms with Crippen LogP contribution in [0.3, 0.4) is 0 Å². The first kappa shape index (κ1) is 17.2. The van der Waals surface area contributed by atoms with Crippen LogP contribution in [0.4, 0.5) is 8.78 Å². The van der Waals surface area contributed by atoms with E-state index in [2.05, 4.69) is 0 Å². The van der Waals surface area contributed by atoms with Gasteiger partial charge in [-0.05, 0) is 36.8 Å². The molecule has 0 bridgehead atoms. The lowest BCUT2D eigenvalue weighted by atomic mass is 10.2. The maximum Gasteiger partial charge on any atom is 0.268 e. The van der Waals surface area contributed by atoms with Crippen LogP contribution in [0.5, 0.6) is 11.5 Å². The van der Waals surface area contributed by atoms with Crippen molar-refractivity contribution in [3.05, 3.63) is 60.2 Å².